The van der Waals surface area contributed by atoms with Crippen molar-refractivity contribution in [3.8, 4) is 0 Å². The number of amides is 2. The molecule has 0 bridgehead atoms. The van der Waals surface area contributed by atoms with E-state index in [1.54, 1.807) is 6.20 Å². The first-order valence-electron chi connectivity index (χ1n) is 10.7. The molecule has 1 N–H and O–H groups in total. The van der Waals surface area contributed by atoms with E-state index in [2.05, 4.69) is 15.2 Å². The van der Waals surface area contributed by atoms with Crippen LogP contribution in [0.1, 0.15) is 37.7 Å². The number of hydrogen-bond acceptors (Lipinski definition) is 4. The van der Waals surface area contributed by atoms with Crippen LogP contribution in [-0.4, -0.2) is 36.4 Å². The van der Waals surface area contributed by atoms with Crippen molar-refractivity contribution in [1.29, 1.82) is 0 Å². The first kappa shape index (κ1) is 21.2. The molecule has 4 rings (SSSR count). The van der Waals surface area contributed by atoms with E-state index in [4.69, 9.17) is 0 Å². The van der Waals surface area contributed by atoms with E-state index in [9.17, 15) is 18.4 Å². The van der Waals surface area contributed by atoms with Crippen LogP contribution >= 0.6 is 0 Å². The van der Waals surface area contributed by atoms with Gasteiger partial charge in [-0.15, -0.1) is 0 Å². The van der Waals surface area contributed by atoms with Crippen LogP contribution in [0.2, 0.25) is 0 Å². The van der Waals surface area contributed by atoms with Crippen LogP contribution in [0.3, 0.4) is 0 Å². The van der Waals surface area contributed by atoms with E-state index in [1.165, 1.54) is 30.6 Å². The summed E-state index contributed by atoms with van der Waals surface area (Å²) in [5.74, 6) is -1.71. The summed E-state index contributed by atoms with van der Waals surface area (Å²) in [5.41, 5.74) is 1.01. The molecule has 3 heterocycles. The number of pyridine rings is 1. The molecule has 6 nitrogen and oxygen atoms in total. The maximum Gasteiger partial charge on any atom is 0.227 e. The Morgan fingerprint density at radius 3 is 2.42 bits per heavy atom. The summed E-state index contributed by atoms with van der Waals surface area (Å²) in [5, 5.41) is 2.85. The van der Waals surface area contributed by atoms with Gasteiger partial charge in [-0.25, -0.2) is 13.8 Å². The van der Waals surface area contributed by atoms with Gasteiger partial charge in [0.15, 0.2) is 0 Å². The van der Waals surface area contributed by atoms with E-state index in [-0.39, 0.29) is 30.5 Å². The highest BCUT2D eigenvalue weighted by atomic mass is 19.1. The zero-order chi connectivity index (χ0) is 21.8. The number of aromatic nitrogens is 1. The van der Waals surface area contributed by atoms with Gasteiger partial charge >= 0.3 is 0 Å². The summed E-state index contributed by atoms with van der Waals surface area (Å²) >= 11 is 0. The third-order valence-corrected chi connectivity index (χ3v) is 5.86. The van der Waals surface area contributed by atoms with Gasteiger partial charge in [0.25, 0.3) is 0 Å². The molecule has 2 amide bonds. The van der Waals surface area contributed by atoms with Gasteiger partial charge in [0.1, 0.15) is 17.5 Å². The standard InChI is InChI=1S/C23H26F2N4O2/c24-18-10-19(25)12-20(11-18)29-15-17(9-22(29)30)23(31)27-14-16-5-6-21(26-13-16)28-7-3-1-2-4-8-28/h5-6,10-13,17H,1-4,7-9,14-15H2,(H,27,31). The molecule has 1 unspecified atom stereocenters. The fourth-order valence-corrected chi connectivity index (χ4v) is 4.17. The lowest BCUT2D eigenvalue weighted by Crippen LogP contribution is -2.32. The maximum absolute atomic E-state index is 13.5. The van der Waals surface area contributed by atoms with E-state index in [0.29, 0.717) is 6.54 Å². The Balaban J connectivity index is 1.32. The number of hydrogen-bond donors (Lipinski definition) is 1. The summed E-state index contributed by atoms with van der Waals surface area (Å²) in [6.07, 6.45) is 6.65. The van der Waals surface area contributed by atoms with Gasteiger partial charge in [0.2, 0.25) is 11.8 Å². The van der Waals surface area contributed by atoms with Crippen molar-refractivity contribution in [3.63, 3.8) is 0 Å². The monoisotopic (exact) mass is 428 g/mol. The highest BCUT2D eigenvalue weighted by Crippen LogP contribution is 2.27. The van der Waals surface area contributed by atoms with Crippen molar-refractivity contribution in [3.05, 3.63) is 53.7 Å². The Morgan fingerprint density at radius 1 is 1.06 bits per heavy atom. The van der Waals surface area contributed by atoms with E-state index in [0.717, 1.165) is 42.7 Å². The van der Waals surface area contributed by atoms with Gasteiger partial charge in [0, 0.05) is 50.6 Å². The fourth-order valence-electron chi connectivity index (χ4n) is 4.17. The highest BCUT2D eigenvalue weighted by molar-refractivity contribution is 6.00. The number of benzene rings is 1. The van der Waals surface area contributed by atoms with Crippen LogP contribution in [0.15, 0.2) is 36.5 Å². The average molecular weight is 428 g/mol. The Kier molecular flexibility index (Phi) is 6.44. The molecule has 1 aromatic heterocycles. The number of carbonyl (C=O) groups excluding carboxylic acids is 2. The van der Waals surface area contributed by atoms with E-state index >= 15 is 0 Å². The van der Waals surface area contributed by atoms with Gasteiger partial charge in [-0.3, -0.25) is 9.59 Å². The number of halogens is 2. The molecule has 0 aliphatic carbocycles. The minimum Gasteiger partial charge on any atom is -0.357 e. The SMILES string of the molecule is O=C(NCc1ccc(N2CCCCCC2)nc1)C1CC(=O)N(c2cc(F)cc(F)c2)C1. The van der Waals surface area contributed by atoms with Gasteiger partial charge in [-0.1, -0.05) is 18.9 Å². The quantitative estimate of drug-likeness (QED) is 0.793. The first-order valence-corrected chi connectivity index (χ1v) is 10.7. The Labute approximate surface area is 180 Å². The number of anilines is 2. The largest absolute Gasteiger partial charge is 0.357 e. The molecule has 0 radical (unpaired) electrons. The molecule has 1 aromatic carbocycles. The van der Waals surface area contributed by atoms with Crippen molar-refractivity contribution in [1.82, 2.24) is 10.3 Å². The second-order valence-electron chi connectivity index (χ2n) is 8.18. The molecule has 0 spiro atoms. The van der Waals surface area contributed by atoms with Crippen molar-refractivity contribution in [2.45, 2.75) is 38.6 Å². The average Bonchev–Trinajstić information content (AvgIpc) is 2.96. The molecule has 2 aliphatic rings. The smallest absolute Gasteiger partial charge is 0.227 e. The minimum atomic E-state index is -0.758. The lowest BCUT2D eigenvalue weighted by Gasteiger charge is -2.21. The summed E-state index contributed by atoms with van der Waals surface area (Å²) in [6, 6.07) is 6.87. The number of carbonyl (C=O) groups is 2. The van der Waals surface area contributed by atoms with Crippen LogP contribution in [0, 0.1) is 17.6 Å². The van der Waals surface area contributed by atoms with Crippen molar-refractivity contribution >= 4 is 23.3 Å². The summed E-state index contributed by atoms with van der Waals surface area (Å²) in [7, 11) is 0. The van der Waals surface area contributed by atoms with E-state index < -0.39 is 17.6 Å². The molecular weight excluding hydrogens is 402 g/mol. The van der Waals surface area contributed by atoms with Crippen molar-refractivity contribution < 1.29 is 18.4 Å². The maximum atomic E-state index is 13.5. The lowest BCUT2D eigenvalue weighted by atomic mass is 10.1. The van der Waals surface area contributed by atoms with Crippen molar-refractivity contribution in [2.75, 3.05) is 29.4 Å². The lowest BCUT2D eigenvalue weighted by molar-refractivity contribution is -0.126. The summed E-state index contributed by atoms with van der Waals surface area (Å²) in [6.45, 7) is 2.44. The van der Waals surface area contributed by atoms with Gasteiger partial charge in [0.05, 0.1) is 5.92 Å². The molecule has 8 heteroatoms. The first-order chi connectivity index (χ1) is 15.0. The molecule has 2 aliphatic heterocycles. The normalized spacial score (nSPS) is 19.4. The minimum absolute atomic E-state index is 0.0100. The second-order valence-corrected chi connectivity index (χ2v) is 8.18. The molecule has 2 saturated heterocycles. The van der Waals surface area contributed by atoms with E-state index in [1.807, 2.05) is 12.1 Å². The number of rotatable bonds is 5. The molecule has 1 atom stereocenters. The topological polar surface area (TPSA) is 65.5 Å². The Morgan fingerprint density at radius 2 is 1.77 bits per heavy atom. The summed E-state index contributed by atoms with van der Waals surface area (Å²) < 4.78 is 26.9. The molecule has 2 fully saturated rings. The van der Waals surface area contributed by atoms with Gasteiger partial charge < -0.3 is 15.1 Å². The molecule has 0 saturated carbocycles. The molecule has 164 valence electrons. The Bertz CT molecular complexity index is 923. The number of nitrogens with one attached hydrogen (secondary N) is 1. The fraction of sp³-hybridized carbons (Fsp3) is 0.435. The molecule has 31 heavy (non-hydrogen) atoms. The zero-order valence-corrected chi connectivity index (χ0v) is 17.3. The van der Waals surface area contributed by atoms with Gasteiger partial charge in [-0.05, 0) is 36.6 Å². The van der Waals surface area contributed by atoms with Crippen LogP contribution in [0.25, 0.3) is 0 Å². The number of nitrogens with zero attached hydrogens (tertiary/aromatic N) is 3. The van der Waals surface area contributed by atoms with Gasteiger partial charge in [-0.2, -0.15) is 0 Å². The third-order valence-electron chi connectivity index (χ3n) is 5.86. The van der Waals surface area contributed by atoms with Crippen LogP contribution in [-0.2, 0) is 16.1 Å². The molecule has 2 aromatic rings. The van der Waals surface area contributed by atoms with Crippen LogP contribution in [0.4, 0.5) is 20.3 Å². The second kappa shape index (κ2) is 9.41. The summed E-state index contributed by atoms with van der Waals surface area (Å²) in [4.78, 5) is 32.9. The zero-order valence-electron chi connectivity index (χ0n) is 17.3. The Hall–Kier alpha value is -3.03. The van der Waals surface area contributed by atoms with Crippen LogP contribution in [0.5, 0.6) is 0 Å². The predicted molar refractivity (Wildman–Crippen MR) is 114 cm³/mol. The predicted octanol–water partition coefficient (Wildman–Crippen LogP) is 3.41. The third kappa shape index (κ3) is 5.18. The van der Waals surface area contributed by atoms with Crippen LogP contribution < -0.4 is 15.1 Å². The highest BCUT2D eigenvalue weighted by Gasteiger charge is 2.35. The molecular formula is C23H26F2N4O2. The van der Waals surface area contributed by atoms with Crippen molar-refractivity contribution in [2.24, 2.45) is 5.92 Å².